The molecule has 0 saturated carbocycles. The van der Waals surface area contributed by atoms with Gasteiger partial charge in [-0.05, 0) is 24.3 Å². The van der Waals surface area contributed by atoms with Gasteiger partial charge in [-0.1, -0.05) is 41.4 Å². The van der Waals surface area contributed by atoms with Gasteiger partial charge < -0.3 is 15.6 Å². The second kappa shape index (κ2) is 7.59. The summed E-state index contributed by atoms with van der Waals surface area (Å²) in [6.07, 6.45) is 1.49. The maximum atomic E-state index is 10.9. The first-order valence-corrected chi connectivity index (χ1v) is 8.23. The van der Waals surface area contributed by atoms with E-state index in [1.165, 1.54) is 18.3 Å². The van der Waals surface area contributed by atoms with E-state index in [1.807, 2.05) is 0 Å². The molecule has 132 valence electrons. The number of carbonyl (C=O) groups is 1. The molecule has 1 heterocycles. The largest absolute Gasteiger partial charge is 0.478 e. The quantitative estimate of drug-likeness (QED) is 0.674. The number of hydrogen-bond donors (Lipinski definition) is 2. The molecule has 0 fully saturated rings. The van der Waals surface area contributed by atoms with Crippen molar-refractivity contribution in [1.29, 1.82) is 0 Å². The smallest absolute Gasteiger partial charge is 0.335 e. The molecule has 1 aromatic heterocycles. The van der Waals surface area contributed by atoms with Crippen molar-refractivity contribution in [2.24, 2.45) is 0 Å². The second-order valence-corrected chi connectivity index (χ2v) is 6.13. The molecule has 0 aliphatic carbocycles. The van der Waals surface area contributed by atoms with E-state index in [4.69, 9.17) is 38.8 Å². The van der Waals surface area contributed by atoms with Gasteiger partial charge in [0, 0.05) is 21.2 Å². The average molecular weight is 390 g/mol. The molecule has 0 spiro atoms. The minimum absolute atomic E-state index is 0.0821. The maximum Gasteiger partial charge on any atom is 0.335 e. The number of carboxylic acid groups (broad SMARTS) is 1. The van der Waals surface area contributed by atoms with Crippen molar-refractivity contribution < 1.29 is 14.6 Å². The van der Waals surface area contributed by atoms with E-state index in [0.29, 0.717) is 26.9 Å². The lowest BCUT2D eigenvalue weighted by molar-refractivity contribution is 0.0697. The third-order valence-electron chi connectivity index (χ3n) is 3.61. The molecule has 0 bridgehead atoms. The van der Waals surface area contributed by atoms with Crippen LogP contribution < -0.4 is 10.5 Å². The monoisotopic (exact) mass is 389 g/mol. The van der Waals surface area contributed by atoms with Gasteiger partial charge in [0.25, 0.3) is 5.88 Å². The van der Waals surface area contributed by atoms with E-state index in [1.54, 1.807) is 30.3 Å². The van der Waals surface area contributed by atoms with Gasteiger partial charge in [0.15, 0.2) is 5.82 Å². The summed E-state index contributed by atoms with van der Waals surface area (Å²) >= 11 is 12.2. The van der Waals surface area contributed by atoms with Crippen LogP contribution in [0.25, 0.3) is 11.3 Å². The van der Waals surface area contributed by atoms with Crippen LogP contribution in [0.4, 0.5) is 5.82 Å². The van der Waals surface area contributed by atoms with Gasteiger partial charge in [0.2, 0.25) is 0 Å². The Labute approximate surface area is 159 Å². The van der Waals surface area contributed by atoms with Crippen molar-refractivity contribution in [2.45, 2.75) is 6.61 Å². The fraction of sp³-hybridized carbons (Fsp3) is 0.0556. The van der Waals surface area contributed by atoms with Crippen LogP contribution in [0.5, 0.6) is 5.88 Å². The molecule has 8 heteroatoms. The molecule has 0 aliphatic heterocycles. The third kappa shape index (κ3) is 3.87. The first kappa shape index (κ1) is 18.0. The first-order chi connectivity index (χ1) is 12.5. The van der Waals surface area contributed by atoms with Crippen molar-refractivity contribution in [3.8, 4) is 17.1 Å². The zero-order chi connectivity index (χ0) is 18.7. The summed E-state index contributed by atoms with van der Waals surface area (Å²) in [4.78, 5) is 19.4. The number of halogens is 2. The average Bonchev–Trinajstić information content (AvgIpc) is 2.63. The van der Waals surface area contributed by atoms with E-state index in [0.717, 1.165) is 0 Å². The Morgan fingerprint density at radius 3 is 2.38 bits per heavy atom. The number of carboxylic acids is 1. The minimum Gasteiger partial charge on any atom is -0.478 e. The summed E-state index contributed by atoms with van der Waals surface area (Å²) in [6, 6.07) is 11.4. The number of aromatic carboxylic acids is 1. The van der Waals surface area contributed by atoms with Gasteiger partial charge in [-0.15, -0.1) is 0 Å². The summed E-state index contributed by atoms with van der Waals surface area (Å²) < 4.78 is 5.65. The number of nitrogens with two attached hydrogens (primary N) is 1. The molecule has 0 unspecified atom stereocenters. The van der Waals surface area contributed by atoms with Crippen LogP contribution >= 0.6 is 23.2 Å². The number of nitrogens with zero attached hydrogens (tertiary/aromatic N) is 2. The van der Waals surface area contributed by atoms with Crippen LogP contribution in [0, 0.1) is 0 Å². The van der Waals surface area contributed by atoms with Gasteiger partial charge in [-0.2, -0.15) is 0 Å². The molecular formula is C18H13Cl2N3O3. The topological polar surface area (TPSA) is 98.3 Å². The van der Waals surface area contributed by atoms with Crippen molar-refractivity contribution in [2.75, 3.05) is 5.73 Å². The lowest BCUT2D eigenvalue weighted by Crippen LogP contribution is -2.04. The standard InChI is InChI=1S/C18H13Cl2N3O3/c19-13-2-1-3-14(20)12(13)9-26-17-16(21)22-8-15(23-17)10-4-6-11(7-5-10)18(24)25/h1-8H,9H2,(H2,21,22)(H,24,25). The predicted octanol–water partition coefficient (Wildman–Crippen LogP) is 4.31. The van der Waals surface area contributed by atoms with E-state index < -0.39 is 5.97 Å². The molecule has 0 atom stereocenters. The number of rotatable bonds is 5. The lowest BCUT2D eigenvalue weighted by atomic mass is 10.1. The highest BCUT2D eigenvalue weighted by atomic mass is 35.5. The zero-order valence-electron chi connectivity index (χ0n) is 13.3. The highest BCUT2D eigenvalue weighted by Gasteiger charge is 2.12. The Kier molecular flexibility index (Phi) is 5.25. The zero-order valence-corrected chi connectivity index (χ0v) is 14.8. The van der Waals surface area contributed by atoms with Crippen molar-refractivity contribution >= 4 is 35.0 Å². The van der Waals surface area contributed by atoms with E-state index in [2.05, 4.69) is 9.97 Å². The van der Waals surface area contributed by atoms with Gasteiger partial charge in [-0.25, -0.2) is 14.8 Å². The van der Waals surface area contributed by atoms with Crippen LogP contribution in [-0.2, 0) is 6.61 Å². The summed E-state index contributed by atoms with van der Waals surface area (Å²) in [5.41, 5.74) is 7.81. The van der Waals surface area contributed by atoms with Crippen molar-refractivity contribution in [3.63, 3.8) is 0 Å². The summed E-state index contributed by atoms with van der Waals surface area (Å²) in [6.45, 7) is 0.0821. The molecule has 26 heavy (non-hydrogen) atoms. The molecule has 3 N–H and O–H groups in total. The highest BCUT2D eigenvalue weighted by Crippen LogP contribution is 2.28. The molecular weight excluding hydrogens is 377 g/mol. The summed E-state index contributed by atoms with van der Waals surface area (Å²) in [7, 11) is 0. The fourth-order valence-corrected chi connectivity index (χ4v) is 2.73. The van der Waals surface area contributed by atoms with Crippen molar-refractivity contribution in [1.82, 2.24) is 9.97 Å². The molecule has 6 nitrogen and oxygen atoms in total. The fourth-order valence-electron chi connectivity index (χ4n) is 2.22. The van der Waals surface area contributed by atoms with E-state index in [9.17, 15) is 4.79 Å². The second-order valence-electron chi connectivity index (χ2n) is 5.32. The van der Waals surface area contributed by atoms with E-state index in [-0.39, 0.29) is 23.9 Å². The minimum atomic E-state index is -0.999. The SMILES string of the molecule is Nc1ncc(-c2ccc(C(=O)O)cc2)nc1OCc1c(Cl)cccc1Cl. The third-order valence-corrected chi connectivity index (χ3v) is 4.32. The van der Waals surface area contributed by atoms with Crippen LogP contribution in [-0.4, -0.2) is 21.0 Å². The molecule has 0 amide bonds. The van der Waals surface area contributed by atoms with Gasteiger partial charge >= 0.3 is 5.97 Å². The molecule has 2 aromatic carbocycles. The van der Waals surface area contributed by atoms with Crippen LogP contribution in [0.3, 0.4) is 0 Å². The highest BCUT2D eigenvalue weighted by molar-refractivity contribution is 6.35. The van der Waals surface area contributed by atoms with Crippen LogP contribution in [0.2, 0.25) is 10.0 Å². The Hall–Kier alpha value is -2.83. The summed E-state index contributed by atoms with van der Waals surface area (Å²) in [5.74, 6) is -0.736. The molecule has 0 saturated heterocycles. The normalized spacial score (nSPS) is 10.5. The lowest BCUT2D eigenvalue weighted by Gasteiger charge is -2.11. The maximum absolute atomic E-state index is 10.9. The Morgan fingerprint density at radius 1 is 1.12 bits per heavy atom. The number of anilines is 1. The first-order valence-electron chi connectivity index (χ1n) is 7.47. The summed E-state index contributed by atoms with van der Waals surface area (Å²) in [5, 5.41) is 9.92. The number of nitrogen functional groups attached to an aromatic ring is 1. The number of aromatic nitrogens is 2. The molecule has 3 rings (SSSR count). The molecule has 0 aliphatic rings. The molecule has 3 aromatic rings. The number of benzene rings is 2. The number of ether oxygens (including phenoxy) is 1. The van der Waals surface area contributed by atoms with Crippen LogP contribution in [0.15, 0.2) is 48.7 Å². The van der Waals surface area contributed by atoms with Gasteiger partial charge in [-0.3, -0.25) is 0 Å². The Morgan fingerprint density at radius 2 is 1.77 bits per heavy atom. The Balaban J connectivity index is 1.85. The predicted molar refractivity (Wildman–Crippen MR) is 99.6 cm³/mol. The van der Waals surface area contributed by atoms with Crippen LogP contribution in [0.1, 0.15) is 15.9 Å². The van der Waals surface area contributed by atoms with Crippen molar-refractivity contribution in [3.05, 3.63) is 69.8 Å². The Bertz CT molecular complexity index is 942. The number of hydrogen-bond acceptors (Lipinski definition) is 5. The van der Waals surface area contributed by atoms with Gasteiger partial charge in [0.05, 0.1) is 17.5 Å². The molecule has 0 radical (unpaired) electrons. The van der Waals surface area contributed by atoms with E-state index >= 15 is 0 Å². The van der Waals surface area contributed by atoms with Gasteiger partial charge in [0.1, 0.15) is 6.61 Å².